The summed E-state index contributed by atoms with van der Waals surface area (Å²) >= 11 is 1.80. The van der Waals surface area contributed by atoms with Gasteiger partial charge in [0.15, 0.2) is 0 Å². The van der Waals surface area contributed by atoms with Crippen molar-refractivity contribution < 1.29 is 4.74 Å². The number of ether oxygens (including phenoxy) is 1. The van der Waals surface area contributed by atoms with Gasteiger partial charge in [0.1, 0.15) is 0 Å². The highest BCUT2D eigenvalue weighted by Gasteiger charge is 2.08. The van der Waals surface area contributed by atoms with Gasteiger partial charge in [-0.2, -0.15) is 5.10 Å². The summed E-state index contributed by atoms with van der Waals surface area (Å²) < 4.78 is 6.96. The van der Waals surface area contributed by atoms with Gasteiger partial charge in [0, 0.05) is 32.1 Å². The molecule has 1 aromatic heterocycles. The van der Waals surface area contributed by atoms with Gasteiger partial charge in [-0.1, -0.05) is 55.6 Å². The summed E-state index contributed by atoms with van der Waals surface area (Å²) in [4.78, 5) is 2.51. The van der Waals surface area contributed by atoms with Crippen molar-refractivity contribution in [1.29, 1.82) is 0 Å². The van der Waals surface area contributed by atoms with Crippen LogP contribution in [0.4, 0.5) is 0 Å². The first-order valence-electron chi connectivity index (χ1n) is 13.1. The van der Waals surface area contributed by atoms with E-state index in [9.17, 15) is 0 Å². The van der Waals surface area contributed by atoms with Crippen LogP contribution < -0.4 is 11.6 Å². The van der Waals surface area contributed by atoms with Crippen LogP contribution in [0.3, 0.4) is 0 Å². The van der Waals surface area contributed by atoms with E-state index in [2.05, 4.69) is 74.1 Å². The maximum absolute atomic E-state index is 6.30. The van der Waals surface area contributed by atoms with Crippen molar-refractivity contribution in [2.75, 3.05) is 20.3 Å². The average Bonchev–Trinajstić information content (AvgIpc) is 3.47. The third-order valence-corrected chi connectivity index (χ3v) is 7.47. The molecule has 0 spiro atoms. The Labute approximate surface area is 232 Å². The van der Waals surface area contributed by atoms with Crippen LogP contribution in [0, 0.1) is 0 Å². The lowest BCUT2D eigenvalue weighted by atomic mass is 9.97. The van der Waals surface area contributed by atoms with Gasteiger partial charge >= 0.3 is 0 Å². The summed E-state index contributed by atoms with van der Waals surface area (Å²) in [5.41, 5.74) is 13.0. The number of benzene rings is 2. The van der Waals surface area contributed by atoms with E-state index in [0.29, 0.717) is 18.8 Å². The molecule has 0 saturated heterocycles. The van der Waals surface area contributed by atoms with Crippen LogP contribution in [0.5, 0.6) is 0 Å². The predicted octanol–water partition coefficient (Wildman–Crippen LogP) is 6.23. The van der Waals surface area contributed by atoms with Crippen molar-refractivity contribution in [1.82, 2.24) is 14.8 Å². The largest absolute Gasteiger partial charge is 0.397 e. The summed E-state index contributed by atoms with van der Waals surface area (Å²) in [7, 11) is 1.66. The van der Waals surface area contributed by atoms with E-state index in [-0.39, 0.29) is 0 Å². The second-order valence-corrected chi connectivity index (χ2v) is 10.5. The monoisotopic (exact) mass is 531 g/mol. The number of allylic oxidation sites excluding steroid dienone is 3. The number of aromatic nitrogens is 2. The van der Waals surface area contributed by atoms with Crippen molar-refractivity contribution in [3.8, 4) is 5.69 Å². The van der Waals surface area contributed by atoms with E-state index in [0.717, 1.165) is 43.4 Å². The second kappa shape index (κ2) is 15.2. The minimum Gasteiger partial charge on any atom is -0.397 e. The lowest BCUT2D eigenvalue weighted by Gasteiger charge is -2.16. The topological polar surface area (TPSA) is 82.3 Å². The van der Waals surface area contributed by atoms with E-state index >= 15 is 0 Å². The molecule has 0 saturated carbocycles. The Morgan fingerprint density at radius 1 is 1.18 bits per heavy atom. The van der Waals surface area contributed by atoms with Gasteiger partial charge in [-0.15, -0.1) is 0 Å². The molecule has 3 rings (SSSR count). The molecule has 0 amide bonds. The van der Waals surface area contributed by atoms with Gasteiger partial charge < -0.3 is 15.5 Å². The number of hydrazine groups is 1. The summed E-state index contributed by atoms with van der Waals surface area (Å²) in [6.07, 6.45) is 12.6. The fourth-order valence-corrected chi connectivity index (χ4v) is 5.21. The number of nitrogens with two attached hydrogens (primary N) is 2. The molecule has 4 N–H and O–H groups in total. The second-order valence-electron chi connectivity index (χ2n) is 9.20. The summed E-state index contributed by atoms with van der Waals surface area (Å²) in [6.45, 7) is 9.79. The zero-order valence-corrected chi connectivity index (χ0v) is 23.7. The van der Waals surface area contributed by atoms with E-state index in [1.165, 1.54) is 26.5 Å². The van der Waals surface area contributed by atoms with Crippen LogP contribution in [-0.4, -0.2) is 35.1 Å². The Bertz CT molecular complexity index is 1230. The van der Waals surface area contributed by atoms with E-state index in [1.807, 2.05) is 16.9 Å². The molecular formula is C31H41N5OS. The highest BCUT2D eigenvalue weighted by atomic mass is 32.2. The fraction of sp³-hybridized carbons (Fsp3) is 0.323. The molecule has 1 heterocycles. The van der Waals surface area contributed by atoms with Crippen molar-refractivity contribution in [2.45, 2.75) is 46.0 Å². The highest BCUT2D eigenvalue weighted by molar-refractivity contribution is 8.06. The highest BCUT2D eigenvalue weighted by Crippen LogP contribution is 2.31. The van der Waals surface area contributed by atoms with Crippen molar-refractivity contribution in [3.63, 3.8) is 0 Å². The number of methoxy groups -OCH3 is 1. The van der Waals surface area contributed by atoms with Crippen LogP contribution in [-0.2, 0) is 24.0 Å². The molecule has 202 valence electrons. The smallest absolute Gasteiger partial charge is 0.0653 e. The fourth-order valence-electron chi connectivity index (χ4n) is 4.23. The standard InChI is InChI=1S/C31H41N5OS/c1-5-26-22-28(31(32)23-35(33)18-19-37-4)15-14-27(26)12-7-10-24(3)38-30(6-2)21-25-11-8-13-29(20-25)36-17-9-16-34-36/h6,8-9,11,13-17,20,22-23H,3,5,7,10,12,18-19,21,32-33H2,1-2,4H3/b30-6-,31-23-. The minimum absolute atomic E-state index is 0.553. The molecule has 0 aliphatic heterocycles. The SMILES string of the molecule is C=C(CCCc1ccc(/C(N)=C/N(N)CCOC)cc1CC)S/C(=C\C)Cc1cccc(-n2cccn2)c1. The Kier molecular flexibility index (Phi) is 11.7. The first-order valence-corrected chi connectivity index (χ1v) is 13.9. The van der Waals surface area contributed by atoms with Gasteiger partial charge in [-0.05, 0) is 88.9 Å². The molecule has 7 heteroatoms. The summed E-state index contributed by atoms with van der Waals surface area (Å²) in [5.74, 6) is 5.99. The molecule has 0 aliphatic rings. The lowest BCUT2D eigenvalue weighted by Crippen LogP contribution is -2.29. The first-order chi connectivity index (χ1) is 18.4. The third-order valence-electron chi connectivity index (χ3n) is 6.34. The molecule has 0 unspecified atom stereocenters. The van der Waals surface area contributed by atoms with Crippen molar-refractivity contribution in [2.24, 2.45) is 11.6 Å². The predicted molar refractivity (Wildman–Crippen MR) is 161 cm³/mol. The molecule has 0 atom stereocenters. The van der Waals surface area contributed by atoms with E-state index < -0.39 is 0 Å². The summed E-state index contributed by atoms with van der Waals surface area (Å²) in [6, 6.07) is 16.9. The van der Waals surface area contributed by atoms with Gasteiger partial charge in [0.2, 0.25) is 0 Å². The van der Waals surface area contributed by atoms with Gasteiger partial charge in [0.05, 0.1) is 24.5 Å². The number of aryl methyl sites for hydroxylation is 2. The Morgan fingerprint density at radius 2 is 2.03 bits per heavy atom. The Hall–Kier alpha value is -3.26. The molecule has 3 aromatic rings. The molecule has 0 bridgehead atoms. The average molecular weight is 532 g/mol. The molecule has 0 aliphatic carbocycles. The molecular weight excluding hydrogens is 490 g/mol. The molecule has 0 fully saturated rings. The number of hydrogen-bond donors (Lipinski definition) is 2. The minimum atomic E-state index is 0.553. The Balaban J connectivity index is 1.52. The molecule has 0 radical (unpaired) electrons. The van der Waals surface area contributed by atoms with E-state index in [1.54, 1.807) is 36.3 Å². The van der Waals surface area contributed by atoms with Gasteiger partial charge in [0.25, 0.3) is 0 Å². The van der Waals surface area contributed by atoms with Gasteiger partial charge in [-0.3, -0.25) is 0 Å². The number of nitrogens with zero attached hydrogens (tertiary/aromatic N) is 3. The molecule has 38 heavy (non-hydrogen) atoms. The van der Waals surface area contributed by atoms with Crippen LogP contribution >= 0.6 is 11.8 Å². The number of rotatable bonds is 15. The summed E-state index contributed by atoms with van der Waals surface area (Å²) in [5, 5.41) is 5.91. The van der Waals surface area contributed by atoms with Crippen LogP contribution in [0.1, 0.15) is 48.9 Å². The zero-order valence-electron chi connectivity index (χ0n) is 22.9. The van der Waals surface area contributed by atoms with Crippen LogP contribution in [0.2, 0.25) is 0 Å². The van der Waals surface area contributed by atoms with Crippen molar-refractivity contribution in [3.05, 3.63) is 112 Å². The quantitative estimate of drug-likeness (QED) is 0.179. The maximum atomic E-state index is 6.30. The lowest BCUT2D eigenvalue weighted by molar-refractivity contribution is 0.170. The van der Waals surface area contributed by atoms with Crippen LogP contribution in [0.15, 0.2) is 89.6 Å². The molecule has 2 aromatic carbocycles. The maximum Gasteiger partial charge on any atom is 0.0653 e. The van der Waals surface area contributed by atoms with Crippen LogP contribution in [0.25, 0.3) is 11.4 Å². The van der Waals surface area contributed by atoms with Crippen molar-refractivity contribution >= 4 is 17.5 Å². The number of hydrogen-bond acceptors (Lipinski definition) is 6. The normalized spacial score (nSPS) is 12.1. The Morgan fingerprint density at radius 3 is 2.74 bits per heavy atom. The third kappa shape index (κ3) is 8.94. The zero-order chi connectivity index (χ0) is 27.3. The van der Waals surface area contributed by atoms with Gasteiger partial charge in [-0.25, -0.2) is 10.5 Å². The van der Waals surface area contributed by atoms with E-state index in [4.69, 9.17) is 16.3 Å². The first kappa shape index (κ1) is 29.3. The molecule has 6 nitrogen and oxygen atoms in total. The number of thioether (sulfide) groups is 1.